The van der Waals surface area contributed by atoms with E-state index in [1.54, 1.807) is 6.07 Å². The van der Waals surface area contributed by atoms with Gasteiger partial charge < -0.3 is 0 Å². The monoisotopic (exact) mass is 261 g/mol. The van der Waals surface area contributed by atoms with Gasteiger partial charge in [0.2, 0.25) is 6.20 Å². The fourth-order valence-corrected chi connectivity index (χ4v) is 1.63. The first-order valence-corrected chi connectivity index (χ1v) is 5.43. The summed E-state index contributed by atoms with van der Waals surface area (Å²) >= 11 is 0. The van der Waals surface area contributed by atoms with E-state index in [1.165, 1.54) is 36.4 Å². The van der Waals surface area contributed by atoms with Crippen LogP contribution in [0.1, 0.15) is 5.56 Å². The van der Waals surface area contributed by atoms with Crippen LogP contribution in [0.2, 0.25) is 0 Å². The second-order valence-electron chi connectivity index (χ2n) is 3.84. The Balaban J connectivity index is 2.33. The molecule has 0 aromatic heterocycles. The zero-order valence-corrected chi connectivity index (χ0v) is 9.72. The van der Waals surface area contributed by atoms with Gasteiger partial charge in [-0.2, -0.15) is 0 Å². The fourth-order valence-electron chi connectivity index (χ4n) is 1.63. The average Bonchev–Trinajstić information content (AvgIpc) is 2.38. The SMILES string of the molecule is O=[N+]([O-])C=Cc1ccc(-c2ccc(F)cc2)cc1F. The van der Waals surface area contributed by atoms with Gasteiger partial charge in [-0.3, -0.25) is 10.1 Å². The van der Waals surface area contributed by atoms with Gasteiger partial charge >= 0.3 is 0 Å². The number of halogens is 2. The second-order valence-corrected chi connectivity index (χ2v) is 3.84. The summed E-state index contributed by atoms with van der Waals surface area (Å²) in [6.07, 6.45) is 1.76. The van der Waals surface area contributed by atoms with Crippen LogP contribution in [0.4, 0.5) is 8.78 Å². The molecule has 2 aromatic rings. The molecule has 0 aliphatic carbocycles. The third-order valence-electron chi connectivity index (χ3n) is 2.55. The van der Waals surface area contributed by atoms with Crippen molar-refractivity contribution in [2.24, 2.45) is 0 Å². The van der Waals surface area contributed by atoms with Crippen molar-refractivity contribution >= 4 is 6.08 Å². The van der Waals surface area contributed by atoms with Gasteiger partial charge in [0.05, 0.1) is 4.92 Å². The maximum absolute atomic E-state index is 13.7. The molecule has 0 fully saturated rings. The van der Waals surface area contributed by atoms with Crippen LogP contribution in [0.3, 0.4) is 0 Å². The van der Waals surface area contributed by atoms with E-state index in [9.17, 15) is 18.9 Å². The predicted octanol–water partition coefficient (Wildman–Crippen LogP) is 3.88. The number of benzene rings is 2. The fraction of sp³-hybridized carbons (Fsp3) is 0. The Morgan fingerprint density at radius 1 is 1.00 bits per heavy atom. The van der Waals surface area contributed by atoms with E-state index in [4.69, 9.17) is 0 Å². The van der Waals surface area contributed by atoms with Gasteiger partial charge in [-0.05, 0) is 29.3 Å². The molecule has 0 amide bonds. The number of nitrogens with zero attached hydrogens (tertiary/aromatic N) is 1. The van der Waals surface area contributed by atoms with E-state index in [1.807, 2.05) is 0 Å². The molecule has 0 heterocycles. The highest BCUT2D eigenvalue weighted by molar-refractivity contribution is 5.65. The van der Waals surface area contributed by atoms with Crippen molar-refractivity contribution in [3.8, 4) is 11.1 Å². The van der Waals surface area contributed by atoms with Crippen LogP contribution in [0.25, 0.3) is 17.2 Å². The molecule has 2 rings (SSSR count). The van der Waals surface area contributed by atoms with Crippen molar-refractivity contribution in [1.29, 1.82) is 0 Å². The number of rotatable bonds is 3. The molecule has 0 aliphatic rings. The minimum Gasteiger partial charge on any atom is -0.259 e. The van der Waals surface area contributed by atoms with E-state index in [-0.39, 0.29) is 11.4 Å². The van der Waals surface area contributed by atoms with Crippen LogP contribution < -0.4 is 0 Å². The summed E-state index contributed by atoms with van der Waals surface area (Å²) in [7, 11) is 0. The first kappa shape index (κ1) is 12.9. The zero-order valence-electron chi connectivity index (χ0n) is 9.72. The molecule has 3 nitrogen and oxygen atoms in total. The molecule has 0 N–H and O–H groups in total. The summed E-state index contributed by atoms with van der Waals surface area (Å²) in [5, 5.41) is 10.2. The lowest BCUT2D eigenvalue weighted by atomic mass is 10.0. The summed E-state index contributed by atoms with van der Waals surface area (Å²) in [5.41, 5.74) is 1.38. The quantitative estimate of drug-likeness (QED) is 0.621. The third kappa shape index (κ3) is 3.22. The minimum atomic E-state index is -0.659. The third-order valence-corrected chi connectivity index (χ3v) is 2.55. The number of hydrogen-bond acceptors (Lipinski definition) is 2. The maximum Gasteiger partial charge on any atom is 0.235 e. The van der Waals surface area contributed by atoms with Crippen LogP contribution in [-0.4, -0.2) is 4.92 Å². The van der Waals surface area contributed by atoms with Crippen LogP contribution in [-0.2, 0) is 0 Å². The molecule has 0 spiro atoms. The van der Waals surface area contributed by atoms with Gasteiger partial charge in [0.25, 0.3) is 0 Å². The van der Waals surface area contributed by atoms with E-state index >= 15 is 0 Å². The van der Waals surface area contributed by atoms with Gasteiger partial charge in [0.15, 0.2) is 0 Å². The minimum absolute atomic E-state index is 0.127. The standard InChI is InChI=1S/C14H9F2NO2/c15-13-5-3-10(4-6-13)12-2-1-11(14(16)9-12)7-8-17(18)19/h1-9H. The first-order chi connectivity index (χ1) is 9.06. The van der Waals surface area contributed by atoms with Gasteiger partial charge in [0.1, 0.15) is 11.6 Å². The van der Waals surface area contributed by atoms with Crippen LogP contribution in [0.15, 0.2) is 48.7 Å². The normalized spacial score (nSPS) is 10.8. The molecule has 19 heavy (non-hydrogen) atoms. The molecule has 0 unspecified atom stereocenters. The first-order valence-electron chi connectivity index (χ1n) is 5.43. The van der Waals surface area contributed by atoms with Gasteiger partial charge in [0, 0.05) is 11.6 Å². The molecular weight excluding hydrogens is 252 g/mol. The smallest absolute Gasteiger partial charge is 0.235 e. The highest BCUT2D eigenvalue weighted by Gasteiger charge is 2.04. The molecule has 0 radical (unpaired) electrons. The highest BCUT2D eigenvalue weighted by Crippen LogP contribution is 2.22. The molecule has 0 saturated carbocycles. The van der Waals surface area contributed by atoms with Crippen molar-refractivity contribution in [1.82, 2.24) is 0 Å². The van der Waals surface area contributed by atoms with E-state index in [2.05, 4.69) is 0 Å². The Kier molecular flexibility index (Phi) is 3.66. The van der Waals surface area contributed by atoms with Crippen molar-refractivity contribution in [3.05, 3.63) is 76.0 Å². The molecule has 2 aromatic carbocycles. The Bertz CT molecular complexity index is 636. The lowest BCUT2D eigenvalue weighted by Gasteiger charge is -2.03. The number of hydrogen-bond donors (Lipinski definition) is 0. The maximum atomic E-state index is 13.7. The molecule has 96 valence electrons. The van der Waals surface area contributed by atoms with Crippen molar-refractivity contribution in [2.75, 3.05) is 0 Å². The van der Waals surface area contributed by atoms with E-state index in [0.29, 0.717) is 17.3 Å². The Hall–Kier alpha value is -2.56. The van der Waals surface area contributed by atoms with Gasteiger partial charge in [-0.1, -0.05) is 24.3 Å². The van der Waals surface area contributed by atoms with E-state index < -0.39 is 10.7 Å². The van der Waals surface area contributed by atoms with Crippen LogP contribution in [0, 0.1) is 21.7 Å². The second kappa shape index (κ2) is 5.39. The summed E-state index contributed by atoms with van der Waals surface area (Å²) in [6, 6.07) is 9.96. The molecular formula is C14H9F2NO2. The molecule has 0 aliphatic heterocycles. The van der Waals surface area contributed by atoms with Crippen molar-refractivity contribution < 1.29 is 13.7 Å². The Morgan fingerprint density at radius 3 is 2.21 bits per heavy atom. The Morgan fingerprint density at radius 2 is 1.63 bits per heavy atom. The summed E-state index contributed by atoms with van der Waals surface area (Å²) in [5.74, 6) is -0.935. The van der Waals surface area contributed by atoms with Gasteiger partial charge in [-0.15, -0.1) is 0 Å². The molecule has 0 bridgehead atoms. The lowest BCUT2D eigenvalue weighted by molar-refractivity contribution is -0.400. The molecule has 5 heteroatoms. The summed E-state index contributed by atoms with van der Waals surface area (Å²) in [6.45, 7) is 0. The van der Waals surface area contributed by atoms with Crippen LogP contribution in [0.5, 0.6) is 0 Å². The Labute approximate surface area is 108 Å². The number of nitro groups is 1. The zero-order chi connectivity index (χ0) is 13.8. The van der Waals surface area contributed by atoms with Crippen molar-refractivity contribution in [3.63, 3.8) is 0 Å². The largest absolute Gasteiger partial charge is 0.259 e. The summed E-state index contributed by atoms with van der Waals surface area (Å²) < 4.78 is 26.5. The van der Waals surface area contributed by atoms with Crippen LogP contribution >= 0.6 is 0 Å². The predicted molar refractivity (Wildman–Crippen MR) is 67.8 cm³/mol. The highest BCUT2D eigenvalue weighted by atomic mass is 19.1. The topological polar surface area (TPSA) is 43.1 Å². The van der Waals surface area contributed by atoms with E-state index in [0.717, 1.165) is 6.08 Å². The molecule has 0 saturated heterocycles. The molecule has 0 atom stereocenters. The average molecular weight is 261 g/mol. The van der Waals surface area contributed by atoms with Crippen molar-refractivity contribution in [2.45, 2.75) is 0 Å². The van der Waals surface area contributed by atoms with Gasteiger partial charge in [-0.25, -0.2) is 8.78 Å². The lowest BCUT2D eigenvalue weighted by Crippen LogP contribution is -1.87. The summed E-state index contributed by atoms with van der Waals surface area (Å²) in [4.78, 5) is 9.51.